The molecule has 0 bridgehead atoms. The van der Waals surface area contributed by atoms with Crippen LogP contribution in [-0.4, -0.2) is 23.1 Å². The van der Waals surface area contributed by atoms with Gasteiger partial charge in [-0.2, -0.15) is 16.6 Å². The molecule has 6 nitrogen and oxygen atoms in total. The molecule has 0 aliphatic heterocycles. The van der Waals surface area contributed by atoms with Crippen LogP contribution in [0.2, 0.25) is 5.15 Å². The number of nitriles is 1. The van der Waals surface area contributed by atoms with Gasteiger partial charge in [-0.1, -0.05) is 35.9 Å². The van der Waals surface area contributed by atoms with Gasteiger partial charge in [0.15, 0.2) is 5.69 Å². The Morgan fingerprint density at radius 2 is 1.91 bits per heavy atom. The van der Waals surface area contributed by atoms with Crippen molar-refractivity contribution in [2.75, 3.05) is 11.9 Å². The number of halogens is 1. The number of benzene rings is 2. The molecule has 1 N–H and O–H groups in total. The van der Waals surface area contributed by atoms with Gasteiger partial charge in [0.05, 0.1) is 30.3 Å². The van der Waals surface area contributed by atoms with E-state index in [4.69, 9.17) is 21.6 Å². The van der Waals surface area contributed by atoms with Crippen LogP contribution in [0.4, 0.5) is 5.69 Å². The molecule has 0 saturated heterocycles. The molecule has 34 heavy (non-hydrogen) atoms. The van der Waals surface area contributed by atoms with Crippen molar-refractivity contribution in [1.29, 1.82) is 5.26 Å². The number of hydrogen-bond donors (Lipinski definition) is 1. The Kier molecular flexibility index (Phi) is 7.12. The highest BCUT2D eigenvalue weighted by Crippen LogP contribution is 2.31. The van der Waals surface area contributed by atoms with Gasteiger partial charge in [0.1, 0.15) is 5.15 Å². The molecule has 0 radical (unpaired) electrons. The lowest BCUT2D eigenvalue weighted by atomic mass is 10.1. The van der Waals surface area contributed by atoms with Gasteiger partial charge in [-0.25, -0.2) is 4.79 Å². The van der Waals surface area contributed by atoms with E-state index in [1.165, 1.54) is 6.07 Å². The highest BCUT2D eigenvalue weighted by molar-refractivity contribution is 7.08. The van der Waals surface area contributed by atoms with Crippen LogP contribution in [0.3, 0.4) is 0 Å². The predicted molar refractivity (Wildman–Crippen MR) is 134 cm³/mol. The number of aromatic nitrogens is 1. The van der Waals surface area contributed by atoms with E-state index in [1.54, 1.807) is 47.1 Å². The Morgan fingerprint density at radius 3 is 2.59 bits per heavy atom. The van der Waals surface area contributed by atoms with Crippen molar-refractivity contribution in [1.82, 2.24) is 4.57 Å². The van der Waals surface area contributed by atoms with E-state index in [1.807, 2.05) is 35.7 Å². The second-order valence-electron chi connectivity index (χ2n) is 7.38. The number of amides is 1. The Morgan fingerprint density at radius 1 is 1.12 bits per heavy atom. The average Bonchev–Trinajstić information content (AvgIpc) is 3.47. The summed E-state index contributed by atoms with van der Waals surface area (Å²) in [4.78, 5) is 25.6. The zero-order valence-corrected chi connectivity index (χ0v) is 19.8. The lowest BCUT2D eigenvalue weighted by molar-refractivity contribution is -0.115. The molecular weight excluding hydrogens is 470 g/mol. The number of ether oxygens (including phenoxy) is 1. The third-order valence-electron chi connectivity index (χ3n) is 5.10. The van der Waals surface area contributed by atoms with Crippen LogP contribution in [0.25, 0.3) is 16.8 Å². The fourth-order valence-electron chi connectivity index (χ4n) is 3.59. The van der Waals surface area contributed by atoms with Crippen molar-refractivity contribution in [2.24, 2.45) is 0 Å². The zero-order chi connectivity index (χ0) is 24.1. The molecule has 0 aliphatic rings. The first-order valence-electron chi connectivity index (χ1n) is 10.5. The van der Waals surface area contributed by atoms with E-state index in [0.29, 0.717) is 16.8 Å². The van der Waals surface area contributed by atoms with Gasteiger partial charge < -0.3 is 10.1 Å². The molecule has 1 amide bonds. The standard InChI is InChI=1S/C26H20ClN3O3S/c1-2-33-26(32)25-22(29-24(31)13-17-4-3-5-18(12-17)15-28)14-23(27)30(25)21-8-6-19(7-9-21)20-10-11-34-16-20/h3-12,14,16H,2,13H2,1H3,(H,29,31). The van der Waals surface area contributed by atoms with Crippen molar-refractivity contribution in [3.05, 3.63) is 93.4 Å². The molecule has 0 saturated carbocycles. The maximum atomic E-state index is 12.9. The smallest absolute Gasteiger partial charge is 0.357 e. The Labute approximate surface area is 206 Å². The fourth-order valence-corrected chi connectivity index (χ4v) is 4.55. The van der Waals surface area contributed by atoms with Gasteiger partial charge >= 0.3 is 5.97 Å². The quantitative estimate of drug-likeness (QED) is 0.318. The second-order valence-corrected chi connectivity index (χ2v) is 8.55. The highest BCUT2D eigenvalue weighted by atomic mass is 35.5. The summed E-state index contributed by atoms with van der Waals surface area (Å²) in [6.07, 6.45) is 0.0376. The summed E-state index contributed by atoms with van der Waals surface area (Å²) in [5.41, 5.74) is 4.35. The summed E-state index contributed by atoms with van der Waals surface area (Å²) in [6.45, 7) is 1.88. The average molecular weight is 490 g/mol. The number of thiophene rings is 1. The number of rotatable bonds is 7. The van der Waals surface area contributed by atoms with Gasteiger partial charge in [-0.3, -0.25) is 9.36 Å². The molecule has 0 atom stereocenters. The van der Waals surface area contributed by atoms with Gasteiger partial charge in [-0.15, -0.1) is 0 Å². The molecule has 0 fully saturated rings. The SMILES string of the molecule is CCOC(=O)c1c(NC(=O)Cc2cccc(C#N)c2)cc(Cl)n1-c1ccc(-c2ccsc2)cc1. The molecule has 0 spiro atoms. The van der Waals surface area contributed by atoms with Crippen LogP contribution in [-0.2, 0) is 16.0 Å². The third kappa shape index (κ3) is 5.04. The van der Waals surface area contributed by atoms with Gasteiger partial charge in [-0.05, 0) is 70.8 Å². The molecule has 170 valence electrons. The summed E-state index contributed by atoms with van der Waals surface area (Å²) in [7, 11) is 0. The molecule has 2 aromatic heterocycles. The minimum Gasteiger partial charge on any atom is -0.461 e. The van der Waals surface area contributed by atoms with E-state index in [0.717, 1.165) is 11.1 Å². The molecule has 0 aliphatic carbocycles. The van der Waals surface area contributed by atoms with Crippen LogP contribution in [0.5, 0.6) is 0 Å². The topological polar surface area (TPSA) is 84.1 Å². The molecular formula is C26H20ClN3O3S. The first kappa shape index (κ1) is 23.3. The van der Waals surface area contributed by atoms with Crippen molar-refractivity contribution in [2.45, 2.75) is 13.3 Å². The zero-order valence-electron chi connectivity index (χ0n) is 18.2. The number of anilines is 1. The van der Waals surface area contributed by atoms with Gasteiger partial charge in [0, 0.05) is 5.69 Å². The minimum absolute atomic E-state index is 0.0376. The largest absolute Gasteiger partial charge is 0.461 e. The number of hydrogen-bond acceptors (Lipinski definition) is 5. The highest BCUT2D eigenvalue weighted by Gasteiger charge is 2.24. The first-order valence-corrected chi connectivity index (χ1v) is 11.8. The minimum atomic E-state index is -0.599. The number of nitrogens with one attached hydrogen (secondary N) is 1. The Balaban J connectivity index is 1.65. The number of nitrogens with zero attached hydrogens (tertiary/aromatic N) is 2. The molecule has 0 unspecified atom stereocenters. The maximum Gasteiger partial charge on any atom is 0.357 e. The normalized spacial score (nSPS) is 10.5. The van der Waals surface area contributed by atoms with Crippen LogP contribution >= 0.6 is 22.9 Å². The summed E-state index contributed by atoms with van der Waals surface area (Å²) < 4.78 is 6.81. The second kappa shape index (κ2) is 10.4. The lowest BCUT2D eigenvalue weighted by Crippen LogP contribution is -2.18. The maximum absolute atomic E-state index is 12.9. The van der Waals surface area contributed by atoms with E-state index in [9.17, 15) is 9.59 Å². The first-order chi connectivity index (χ1) is 16.5. The van der Waals surface area contributed by atoms with Gasteiger partial charge in [0.25, 0.3) is 0 Å². The summed E-state index contributed by atoms with van der Waals surface area (Å²) >= 11 is 8.14. The number of carbonyl (C=O) groups excluding carboxylic acids is 2. The van der Waals surface area contributed by atoms with E-state index < -0.39 is 5.97 Å². The number of esters is 1. The van der Waals surface area contributed by atoms with Crippen LogP contribution in [0, 0.1) is 11.3 Å². The Bertz CT molecular complexity index is 1370. The predicted octanol–water partition coefficient (Wildman–Crippen LogP) is 6.09. The molecule has 2 aromatic carbocycles. The lowest BCUT2D eigenvalue weighted by Gasteiger charge is -2.13. The van der Waals surface area contributed by atoms with Crippen molar-refractivity contribution in [3.63, 3.8) is 0 Å². The van der Waals surface area contributed by atoms with Crippen molar-refractivity contribution >= 4 is 40.5 Å². The van der Waals surface area contributed by atoms with Crippen molar-refractivity contribution < 1.29 is 14.3 Å². The molecule has 8 heteroatoms. The summed E-state index contributed by atoms with van der Waals surface area (Å²) in [5.74, 6) is -0.944. The van der Waals surface area contributed by atoms with Gasteiger partial charge in [0.2, 0.25) is 5.91 Å². The van der Waals surface area contributed by atoms with E-state index >= 15 is 0 Å². The Hall–Kier alpha value is -3.86. The monoisotopic (exact) mass is 489 g/mol. The third-order valence-corrected chi connectivity index (χ3v) is 6.06. The molecule has 2 heterocycles. The fraction of sp³-hybridized carbons (Fsp3) is 0.115. The summed E-state index contributed by atoms with van der Waals surface area (Å²) in [6, 6.07) is 20.0. The van der Waals surface area contributed by atoms with E-state index in [-0.39, 0.29) is 35.5 Å². The van der Waals surface area contributed by atoms with Crippen LogP contribution in [0.15, 0.2) is 71.4 Å². The van der Waals surface area contributed by atoms with Crippen molar-refractivity contribution in [3.8, 4) is 22.9 Å². The van der Waals surface area contributed by atoms with Crippen LogP contribution in [0.1, 0.15) is 28.5 Å². The van der Waals surface area contributed by atoms with Crippen LogP contribution < -0.4 is 5.32 Å². The number of carbonyl (C=O) groups is 2. The summed E-state index contributed by atoms with van der Waals surface area (Å²) in [5, 5.41) is 16.2. The molecule has 4 aromatic rings. The van der Waals surface area contributed by atoms with E-state index in [2.05, 4.69) is 16.8 Å². The molecule has 4 rings (SSSR count).